The van der Waals surface area contributed by atoms with Gasteiger partial charge in [0.1, 0.15) is 10.6 Å². The third kappa shape index (κ3) is 2.93. The van der Waals surface area contributed by atoms with Crippen LogP contribution >= 0.6 is 0 Å². The summed E-state index contributed by atoms with van der Waals surface area (Å²) in [6.07, 6.45) is 0. The van der Waals surface area contributed by atoms with Crippen molar-refractivity contribution >= 4 is 33.1 Å². The summed E-state index contributed by atoms with van der Waals surface area (Å²) in [5, 5.41) is 12.9. The second-order valence-corrected chi connectivity index (χ2v) is 4.71. The molecule has 1 rings (SSSR count). The summed E-state index contributed by atoms with van der Waals surface area (Å²) in [6.45, 7) is 1.12. The zero-order valence-corrected chi connectivity index (χ0v) is 9.89. The van der Waals surface area contributed by atoms with Crippen LogP contribution in [-0.2, 0) is 14.9 Å². The summed E-state index contributed by atoms with van der Waals surface area (Å²) in [4.78, 5) is 19.9. The first-order valence-electron chi connectivity index (χ1n) is 4.46. The van der Waals surface area contributed by atoms with E-state index >= 15 is 0 Å². The van der Waals surface area contributed by atoms with Gasteiger partial charge < -0.3 is 11.1 Å². The molecule has 98 valence electrons. The molecule has 18 heavy (non-hydrogen) atoms. The molecule has 0 aliphatic rings. The number of anilines is 2. The number of carbonyl (C=O) groups excluding carboxylic acids is 1. The van der Waals surface area contributed by atoms with Gasteiger partial charge in [-0.2, -0.15) is 8.42 Å². The van der Waals surface area contributed by atoms with E-state index in [1.54, 1.807) is 0 Å². The molecule has 0 saturated carbocycles. The average molecular weight is 275 g/mol. The van der Waals surface area contributed by atoms with E-state index in [4.69, 9.17) is 10.3 Å². The Bertz CT molecular complexity index is 624. The lowest BCUT2D eigenvalue weighted by Crippen LogP contribution is -2.11. The number of nitrogens with one attached hydrogen (secondary N) is 1. The Labute approximate surface area is 101 Å². The summed E-state index contributed by atoms with van der Waals surface area (Å²) < 4.78 is 30.7. The van der Waals surface area contributed by atoms with Crippen LogP contribution in [0.2, 0.25) is 0 Å². The average Bonchev–Trinajstić information content (AvgIpc) is 2.13. The van der Waals surface area contributed by atoms with Gasteiger partial charge in [0.15, 0.2) is 0 Å². The maximum absolute atomic E-state index is 10.9. The minimum Gasteiger partial charge on any atom is -0.398 e. The topological polar surface area (TPSA) is 153 Å². The molecule has 0 saturated heterocycles. The smallest absolute Gasteiger partial charge is 0.296 e. The number of carbonyl (C=O) groups is 1. The van der Waals surface area contributed by atoms with Crippen LogP contribution < -0.4 is 11.1 Å². The minimum atomic E-state index is -4.68. The molecule has 0 unspecified atom stereocenters. The lowest BCUT2D eigenvalue weighted by molar-refractivity contribution is -0.384. The number of hydrogen-bond donors (Lipinski definition) is 3. The first-order valence-corrected chi connectivity index (χ1v) is 5.90. The second kappa shape index (κ2) is 4.58. The summed E-state index contributed by atoms with van der Waals surface area (Å²) in [6, 6.07) is 1.47. The molecule has 1 aromatic carbocycles. The molecule has 4 N–H and O–H groups in total. The fraction of sp³-hybridized carbons (Fsp3) is 0.125. The van der Waals surface area contributed by atoms with Crippen molar-refractivity contribution in [3.05, 3.63) is 22.2 Å². The normalized spacial score (nSPS) is 11.0. The largest absolute Gasteiger partial charge is 0.398 e. The molecule has 0 aliphatic carbocycles. The molecule has 1 aromatic rings. The van der Waals surface area contributed by atoms with Crippen molar-refractivity contribution in [3.63, 3.8) is 0 Å². The van der Waals surface area contributed by atoms with Crippen LogP contribution in [0.25, 0.3) is 0 Å². The standard InChI is InChI=1S/C8H9N3O6S/c1-4(12)10-6-2-5(9)8(18(15,16)17)3-7(6)11(13)14/h2-3H,9H2,1H3,(H,10,12)(H,15,16,17). The molecule has 0 spiro atoms. The molecule has 1 amide bonds. The zero-order chi connectivity index (χ0) is 14.1. The molecule has 0 aromatic heterocycles. The number of benzene rings is 1. The predicted octanol–water partition coefficient (Wildman–Crippen LogP) is 0.382. The molecule has 0 radical (unpaired) electrons. The third-order valence-electron chi connectivity index (χ3n) is 1.91. The second-order valence-electron chi connectivity index (χ2n) is 3.32. The van der Waals surface area contributed by atoms with E-state index in [1.165, 1.54) is 0 Å². The highest BCUT2D eigenvalue weighted by atomic mass is 32.2. The zero-order valence-electron chi connectivity index (χ0n) is 9.08. The number of nitro groups is 1. The van der Waals surface area contributed by atoms with Crippen LogP contribution in [0.3, 0.4) is 0 Å². The van der Waals surface area contributed by atoms with E-state index in [0.717, 1.165) is 13.0 Å². The highest BCUT2D eigenvalue weighted by Gasteiger charge is 2.23. The van der Waals surface area contributed by atoms with Gasteiger partial charge in [-0.1, -0.05) is 0 Å². The highest BCUT2D eigenvalue weighted by molar-refractivity contribution is 7.86. The van der Waals surface area contributed by atoms with Crippen LogP contribution in [0.1, 0.15) is 6.92 Å². The number of nitro benzene ring substituents is 1. The van der Waals surface area contributed by atoms with Crippen LogP contribution in [0.5, 0.6) is 0 Å². The van der Waals surface area contributed by atoms with Gasteiger partial charge in [-0.25, -0.2) is 0 Å². The van der Waals surface area contributed by atoms with Gasteiger partial charge in [0.25, 0.3) is 15.8 Å². The van der Waals surface area contributed by atoms with Crippen LogP contribution in [0.15, 0.2) is 17.0 Å². The maximum Gasteiger partial charge on any atom is 0.296 e. The molecular formula is C8H9N3O6S. The van der Waals surface area contributed by atoms with Crippen LogP contribution in [-0.4, -0.2) is 23.8 Å². The molecule has 0 heterocycles. The number of rotatable bonds is 3. The first-order chi connectivity index (χ1) is 8.12. The monoisotopic (exact) mass is 275 g/mol. The quantitative estimate of drug-likeness (QED) is 0.312. The Kier molecular flexibility index (Phi) is 3.53. The summed E-state index contributed by atoms with van der Waals surface area (Å²) in [5.41, 5.74) is 3.99. The van der Waals surface area contributed by atoms with Gasteiger partial charge in [-0.3, -0.25) is 19.5 Å². The van der Waals surface area contributed by atoms with E-state index in [0.29, 0.717) is 6.07 Å². The van der Waals surface area contributed by atoms with Crippen molar-refractivity contribution in [1.82, 2.24) is 0 Å². The molecule has 0 bridgehead atoms. The number of nitrogens with two attached hydrogens (primary N) is 1. The van der Waals surface area contributed by atoms with Crippen molar-refractivity contribution in [2.75, 3.05) is 11.1 Å². The van der Waals surface area contributed by atoms with E-state index in [2.05, 4.69) is 5.32 Å². The Morgan fingerprint density at radius 3 is 2.44 bits per heavy atom. The van der Waals surface area contributed by atoms with Gasteiger partial charge in [-0.15, -0.1) is 0 Å². The van der Waals surface area contributed by atoms with Gasteiger partial charge in [0.2, 0.25) is 5.91 Å². The van der Waals surface area contributed by atoms with E-state index in [-0.39, 0.29) is 5.69 Å². The number of hydrogen-bond acceptors (Lipinski definition) is 6. The summed E-state index contributed by atoms with van der Waals surface area (Å²) >= 11 is 0. The van der Waals surface area contributed by atoms with Crippen molar-refractivity contribution in [2.45, 2.75) is 11.8 Å². The number of nitrogens with zero attached hydrogens (tertiary/aromatic N) is 1. The SMILES string of the molecule is CC(=O)Nc1cc(N)c(S(=O)(=O)O)cc1[N+](=O)[O-]. The van der Waals surface area contributed by atoms with Crippen molar-refractivity contribution in [3.8, 4) is 0 Å². The van der Waals surface area contributed by atoms with Gasteiger partial charge in [0, 0.05) is 13.0 Å². The molecule has 0 fully saturated rings. The number of nitrogen functional groups attached to an aromatic ring is 1. The minimum absolute atomic E-state index is 0.252. The summed E-state index contributed by atoms with van der Waals surface area (Å²) in [5.74, 6) is -0.586. The van der Waals surface area contributed by atoms with Crippen LogP contribution in [0.4, 0.5) is 17.1 Å². The van der Waals surface area contributed by atoms with Gasteiger partial charge in [0.05, 0.1) is 10.6 Å². The lowest BCUT2D eigenvalue weighted by Gasteiger charge is -2.07. The Balaban J connectivity index is 3.54. The fourth-order valence-electron chi connectivity index (χ4n) is 1.25. The van der Waals surface area contributed by atoms with E-state index in [9.17, 15) is 23.3 Å². The Morgan fingerprint density at radius 1 is 1.50 bits per heavy atom. The maximum atomic E-state index is 10.9. The van der Waals surface area contributed by atoms with Crippen LogP contribution in [0, 0.1) is 10.1 Å². The molecule has 9 nitrogen and oxygen atoms in total. The summed E-state index contributed by atoms with van der Waals surface area (Å²) in [7, 11) is -4.68. The Morgan fingerprint density at radius 2 is 2.06 bits per heavy atom. The molecule has 0 aliphatic heterocycles. The Hall–Kier alpha value is -2.20. The lowest BCUT2D eigenvalue weighted by atomic mass is 10.2. The van der Waals surface area contributed by atoms with E-state index in [1.807, 2.05) is 0 Å². The highest BCUT2D eigenvalue weighted by Crippen LogP contribution is 2.32. The fourth-order valence-corrected chi connectivity index (χ4v) is 1.87. The van der Waals surface area contributed by atoms with Crippen molar-refractivity contribution in [1.29, 1.82) is 0 Å². The molecule has 10 heteroatoms. The number of amides is 1. The predicted molar refractivity (Wildman–Crippen MR) is 61.6 cm³/mol. The van der Waals surface area contributed by atoms with Gasteiger partial charge in [-0.05, 0) is 6.07 Å². The first kappa shape index (κ1) is 13.9. The molecular weight excluding hydrogens is 266 g/mol. The van der Waals surface area contributed by atoms with Crippen molar-refractivity contribution in [2.24, 2.45) is 0 Å². The van der Waals surface area contributed by atoms with Gasteiger partial charge >= 0.3 is 0 Å². The van der Waals surface area contributed by atoms with E-state index < -0.39 is 37.2 Å². The molecule has 0 atom stereocenters. The third-order valence-corrected chi connectivity index (χ3v) is 2.82. The van der Waals surface area contributed by atoms with Crippen molar-refractivity contribution < 1.29 is 22.7 Å².